The maximum absolute atomic E-state index is 12.0. The molecule has 2 N–H and O–H groups in total. The summed E-state index contributed by atoms with van der Waals surface area (Å²) in [5, 5.41) is 7.58. The van der Waals surface area contributed by atoms with E-state index in [0.717, 1.165) is 17.7 Å². The van der Waals surface area contributed by atoms with E-state index in [1.165, 1.54) is 6.08 Å². The van der Waals surface area contributed by atoms with E-state index in [0.29, 0.717) is 17.8 Å². The maximum Gasteiger partial charge on any atom is 0.251 e. The average molecular weight is 328 g/mol. The number of carbonyl (C=O) groups is 2. The van der Waals surface area contributed by atoms with Crippen molar-refractivity contribution in [2.75, 3.05) is 11.9 Å². The van der Waals surface area contributed by atoms with Gasteiger partial charge in [0.25, 0.3) is 5.91 Å². The van der Waals surface area contributed by atoms with Gasteiger partial charge in [-0.1, -0.05) is 25.5 Å². The summed E-state index contributed by atoms with van der Waals surface area (Å²) in [5.41, 5.74) is 1.15. The summed E-state index contributed by atoms with van der Waals surface area (Å²) in [6.07, 6.45) is 5.24. The average Bonchev–Trinajstić information content (AvgIpc) is 3.07. The molecule has 0 radical (unpaired) electrons. The van der Waals surface area contributed by atoms with Gasteiger partial charge in [0, 0.05) is 28.7 Å². The number of unbranched alkanes of at least 4 members (excludes halogenated alkanes) is 1. The highest BCUT2D eigenvalue weighted by Gasteiger charge is 2.06. The first-order valence-corrected chi connectivity index (χ1v) is 8.48. The van der Waals surface area contributed by atoms with Gasteiger partial charge in [-0.15, -0.1) is 11.3 Å². The highest BCUT2D eigenvalue weighted by atomic mass is 32.1. The third-order valence-electron chi connectivity index (χ3n) is 3.15. The third kappa shape index (κ3) is 5.71. The van der Waals surface area contributed by atoms with Crippen LogP contribution in [-0.4, -0.2) is 18.4 Å². The molecular formula is C18H20N2O2S. The lowest BCUT2D eigenvalue weighted by atomic mass is 10.2. The first kappa shape index (κ1) is 17.0. The Morgan fingerprint density at radius 1 is 1.22 bits per heavy atom. The molecule has 120 valence electrons. The predicted molar refractivity (Wildman–Crippen MR) is 95.7 cm³/mol. The first-order chi connectivity index (χ1) is 11.2. The van der Waals surface area contributed by atoms with Gasteiger partial charge in [0.2, 0.25) is 5.91 Å². The van der Waals surface area contributed by atoms with Crippen molar-refractivity contribution in [2.24, 2.45) is 0 Å². The molecule has 2 rings (SSSR count). The summed E-state index contributed by atoms with van der Waals surface area (Å²) < 4.78 is 0. The van der Waals surface area contributed by atoms with Crippen molar-refractivity contribution >= 4 is 34.9 Å². The Balaban J connectivity index is 1.94. The van der Waals surface area contributed by atoms with Gasteiger partial charge in [0.1, 0.15) is 0 Å². The molecule has 0 saturated heterocycles. The molecule has 0 unspecified atom stereocenters. The lowest BCUT2D eigenvalue weighted by Gasteiger charge is -2.07. The van der Waals surface area contributed by atoms with Crippen molar-refractivity contribution in [1.29, 1.82) is 0 Å². The van der Waals surface area contributed by atoms with Crippen LogP contribution in [-0.2, 0) is 4.79 Å². The summed E-state index contributed by atoms with van der Waals surface area (Å²) in [6, 6.07) is 10.8. The molecule has 1 heterocycles. The van der Waals surface area contributed by atoms with E-state index in [9.17, 15) is 9.59 Å². The lowest BCUT2D eigenvalue weighted by molar-refractivity contribution is -0.111. The Hall–Kier alpha value is -2.40. The molecule has 2 amide bonds. The summed E-state index contributed by atoms with van der Waals surface area (Å²) in [5.74, 6) is -0.342. The van der Waals surface area contributed by atoms with Crippen LogP contribution in [0.1, 0.15) is 35.0 Å². The van der Waals surface area contributed by atoms with Crippen LogP contribution in [0.3, 0.4) is 0 Å². The zero-order valence-corrected chi connectivity index (χ0v) is 13.9. The highest BCUT2D eigenvalue weighted by Crippen LogP contribution is 2.12. The van der Waals surface area contributed by atoms with Gasteiger partial charge in [-0.25, -0.2) is 0 Å². The van der Waals surface area contributed by atoms with E-state index < -0.39 is 0 Å². The van der Waals surface area contributed by atoms with Gasteiger partial charge in [-0.05, 0) is 42.1 Å². The predicted octanol–water partition coefficient (Wildman–Crippen LogP) is 3.93. The molecule has 2 aromatic rings. The number of nitrogens with one attached hydrogen (secondary N) is 2. The highest BCUT2D eigenvalue weighted by molar-refractivity contribution is 7.10. The minimum atomic E-state index is -0.220. The van der Waals surface area contributed by atoms with Gasteiger partial charge in [0.15, 0.2) is 0 Å². The fourth-order valence-corrected chi connectivity index (χ4v) is 2.56. The summed E-state index contributed by atoms with van der Waals surface area (Å²) in [6.45, 7) is 2.74. The maximum atomic E-state index is 12.0. The van der Waals surface area contributed by atoms with E-state index >= 15 is 0 Å². The van der Waals surface area contributed by atoms with Crippen molar-refractivity contribution in [3.8, 4) is 0 Å². The van der Waals surface area contributed by atoms with Crippen molar-refractivity contribution in [1.82, 2.24) is 5.32 Å². The van der Waals surface area contributed by atoms with E-state index in [1.807, 2.05) is 17.5 Å². The number of anilines is 1. The van der Waals surface area contributed by atoms with Crippen LogP contribution >= 0.6 is 11.3 Å². The quantitative estimate of drug-likeness (QED) is 0.597. The second-order valence-corrected chi connectivity index (χ2v) is 6.01. The van der Waals surface area contributed by atoms with Gasteiger partial charge >= 0.3 is 0 Å². The van der Waals surface area contributed by atoms with Crippen LogP contribution in [0.5, 0.6) is 0 Å². The SMILES string of the molecule is CCCCNC(=O)c1cccc(NC(=O)/C=C/c2cccs2)c1. The number of benzene rings is 1. The van der Waals surface area contributed by atoms with Crippen LogP contribution < -0.4 is 10.6 Å². The molecule has 5 heteroatoms. The Kier molecular flexibility index (Phi) is 6.56. The third-order valence-corrected chi connectivity index (χ3v) is 3.99. The molecule has 1 aromatic carbocycles. The van der Waals surface area contributed by atoms with E-state index in [2.05, 4.69) is 17.6 Å². The molecule has 0 atom stereocenters. The Labute approximate surface area is 140 Å². The number of rotatable bonds is 7. The topological polar surface area (TPSA) is 58.2 Å². The lowest BCUT2D eigenvalue weighted by Crippen LogP contribution is -2.24. The zero-order chi connectivity index (χ0) is 16.5. The molecule has 0 aliphatic rings. The molecule has 23 heavy (non-hydrogen) atoms. The molecule has 0 saturated carbocycles. The summed E-state index contributed by atoms with van der Waals surface area (Å²) >= 11 is 1.57. The Bertz CT molecular complexity index is 678. The number of hydrogen-bond acceptors (Lipinski definition) is 3. The van der Waals surface area contributed by atoms with E-state index in [4.69, 9.17) is 0 Å². The molecule has 4 nitrogen and oxygen atoms in total. The largest absolute Gasteiger partial charge is 0.352 e. The van der Waals surface area contributed by atoms with Crippen LogP contribution in [0, 0.1) is 0 Å². The Morgan fingerprint density at radius 2 is 2.09 bits per heavy atom. The Morgan fingerprint density at radius 3 is 2.83 bits per heavy atom. The standard InChI is InChI=1S/C18H20N2O2S/c1-2-3-11-19-18(22)14-6-4-7-15(13-14)20-17(21)10-9-16-8-5-12-23-16/h4-10,12-13H,2-3,11H2,1H3,(H,19,22)(H,20,21)/b10-9+. The number of hydrogen-bond donors (Lipinski definition) is 2. The molecular weight excluding hydrogens is 308 g/mol. The second kappa shape index (κ2) is 8.90. The molecule has 0 aliphatic heterocycles. The van der Waals surface area contributed by atoms with Crippen molar-refractivity contribution in [3.63, 3.8) is 0 Å². The molecule has 0 aliphatic carbocycles. The fourth-order valence-electron chi connectivity index (χ4n) is 1.95. The smallest absolute Gasteiger partial charge is 0.251 e. The number of amides is 2. The first-order valence-electron chi connectivity index (χ1n) is 7.60. The number of thiophene rings is 1. The van der Waals surface area contributed by atoms with Gasteiger partial charge in [-0.2, -0.15) is 0 Å². The van der Waals surface area contributed by atoms with E-state index in [-0.39, 0.29) is 11.8 Å². The fraction of sp³-hybridized carbons (Fsp3) is 0.222. The molecule has 0 bridgehead atoms. The second-order valence-electron chi connectivity index (χ2n) is 5.03. The normalized spacial score (nSPS) is 10.7. The van der Waals surface area contributed by atoms with Crippen LogP contribution in [0.25, 0.3) is 6.08 Å². The summed E-state index contributed by atoms with van der Waals surface area (Å²) in [7, 11) is 0. The minimum Gasteiger partial charge on any atom is -0.352 e. The number of carbonyl (C=O) groups excluding carboxylic acids is 2. The van der Waals surface area contributed by atoms with Gasteiger partial charge in [-0.3, -0.25) is 9.59 Å². The van der Waals surface area contributed by atoms with Crippen molar-refractivity contribution in [2.45, 2.75) is 19.8 Å². The van der Waals surface area contributed by atoms with Crippen LogP contribution in [0.15, 0.2) is 47.9 Å². The zero-order valence-electron chi connectivity index (χ0n) is 13.0. The molecule has 0 fully saturated rings. The van der Waals surface area contributed by atoms with Gasteiger partial charge < -0.3 is 10.6 Å². The van der Waals surface area contributed by atoms with Crippen LogP contribution in [0.2, 0.25) is 0 Å². The van der Waals surface area contributed by atoms with Gasteiger partial charge in [0.05, 0.1) is 0 Å². The monoisotopic (exact) mass is 328 g/mol. The van der Waals surface area contributed by atoms with Crippen LogP contribution in [0.4, 0.5) is 5.69 Å². The molecule has 1 aromatic heterocycles. The van der Waals surface area contributed by atoms with E-state index in [1.54, 1.807) is 41.7 Å². The van der Waals surface area contributed by atoms with Crippen molar-refractivity contribution < 1.29 is 9.59 Å². The summed E-state index contributed by atoms with van der Waals surface area (Å²) in [4.78, 5) is 24.9. The minimum absolute atomic E-state index is 0.122. The van der Waals surface area contributed by atoms with Crippen molar-refractivity contribution in [3.05, 3.63) is 58.3 Å². The molecule has 0 spiro atoms.